The smallest absolute Gasteiger partial charge is 0.188 e. The molecule has 1 saturated carbocycles. The van der Waals surface area contributed by atoms with Crippen LogP contribution in [0.25, 0.3) is 0 Å². The zero-order chi connectivity index (χ0) is 10.1. The van der Waals surface area contributed by atoms with Gasteiger partial charge in [0.1, 0.15) is 0 Å². The van der Waals surface area contributed by atoms with Gasteiger partial charge in [0.05, 0.1) is 0 Å². The summed E-state index contributed by atoms with van der Waals surface area (Å²) in [6, 6.07) is 0.531. The van der Waals surface area contributed by atoms with Gasteiger partial charge in [-0.2, -0.15) is 0 Å². The third kappa shape index (κ3) is 3.25. The number of nitrogens with two attached hydrogens (primary N) is 1. The summed E-state index contributed by atoms with van der Waals surface area (Å²) >= 11 is 0. The van der Waals surface area contributed by atoms with Gasteiger partial charge < -0.3 is 11.1 Å². The molecule has 0 aliphatic heterocycles. The van der Waals surface area contributed by atoms with Crippen molar-refractivity contribution in [2.75, 3.05) is 6.54 Å². The third-order valence-corrected chi connectivity index (χ3v) is 2.46. The first-order chi connectivity index (χ1) is 5.92. The molecule has 3 nitrogen and oxygen atoms in total. The molecule has 0 heterocycles. The first kappa shape index (κ1) is 10.4. The summed E-state index contributed by atoms with van der Waals surface area (Å²) < 4.78 is 0. The highest BCUT2D eigenvalue weighted by Gasteiger charge is 2.45. The summed E-state index contributed by atoms with van der Waals surface area (Å²) in [6.45, 7) is 9.56. The zero-order valence-corrected chi connectivity index (χ0v) is 9.09. The Morgan fingerprint density at radius 2 is 2.15 bits per heavy atom. The van der Waals surface area contributed by atoms with Gasteiger partial charge in [0.15, 0.2) is 5.96 Å². The summed E-state index contributed by atoms with van der Waals surface area (Å²) in [5.41, 5.74) is 6.14. The lowest BCUT2D eigenvalue weighted by Gasteiger charge is -2.07. The van der Waals surface area contributed by atoms with Crippen molar-refractivity contribution in [3.8, 4) is 0 Å². The van der Waals surface area contributed by atoms with Crippen molar-refractivity contribution < 1.29 is 0 Å². The minimum absolute atomic E-state index is 0.415. The van der Waals surface area contributed by atoms with Crippen molar-refractivity contribution in [3.05, 3.63) is 0 Å². The number of nitrogens with zero attached hydrogens (tertiary/aromatic N) is 1. The van der Waals surface area contributed by atoms with Crippen LogP contribution in [-0.4, -0.2) is 18.5 Å². The maximum Gasteiger partial charge on any atom is 0.188 e. The fourth-order valence-corrected chi connectivity index (χ4v) is 1.22. The summed E-state index contributed by atoms with van der Waals surface area (Å²) in [7, 11) is 0. The standard InChI is InChI=1S/C10H21N3/c1-7(2)6-12-9(11)13-8-5-10(8,3)4/h7-8H,5-6H2,1-4H3,(H3,11,12,13). The molecule has 1 aliphatic carbocycles. The van der Waals surface area contributed by atoms with Crippen LogP contribution in [0.5, 0.6) is 0 Å². The van der Waals surface area contributed by atoms with Gasteiger partial charge in [0.2, 0.25) is 0 Å². The molecule has 0 saturated heterocycles. The van der Waals surface area contributed by atoms with E-state index in [4.69, 9.17) is 5.73 Å². The molecule has 3 heteroatoms. The minimum Gasteiger partial charge on any atom is -0.370 e. The van der Waals surface area contributed by atoms with Crippen molar-refractivity contribution >= 4 is 5.96 Å². The van der Waals surface area contributed by atoms with E-state index in [1.807, 2.05) is 0 Å². The number of rotatable bonds is 3. The average Bonchev–Trinajstić information content (AvgIpc) is 2.54. The van der Waals surface area contributed by atoms with Crippen LogP contribution in [0.15, 0.2) is 4.99 Å². The van der Waals surface area contributed by atoms with Gasteiger partial charge in [-0.1, -0.05) is 27.7 Å². The quantitative estimate of drug-likeness (QED) is 0.512. The number of hydrogen-bond acceptors (Lipinski definition) is 1. The molecule has 0 aromatic carbocycles. The molecule has 3 N–H and O–H groups in total. The van der Waals surface area contributed by atoms with Gasteiger partial charge in [-0.3, -0.25) is 4.99 Å². The molecular formula is C10H21N3. The van der Waals surface area contributed by atoms with Gasteiger partial charge in [0.25, 0.3) is 0 Å². The fourth-order valence-electron chi connectivity index (χ4n) is 1.22. The Bertz CT molecular complexity index is 206. The molecule has 13 heavy (non-hydrogen) atoms. The van der Waals surface area contributed by atoms with Crippen LogP contribution < -0.4 is 11.1 Å². The highest BCUT2D eigenvalue weighted by atomic mass is 15.1. The lowest BCUT2D eigenvalue weighted by atomic mass is 10.2. The van der Waals surface area contributed by atoms with Crippen LogP contribution in [0.1, 0.15) is 34.1 Å². The topological polar surface area (TPSA) is 50.4 Å². The van der Waals surface area contributed by atoms with Crippen LogP contribution >= 0.6 is 0 Å². The van der Waals surface area contributed by atoms with E-state index in [1.54, 1.807) is 0 Å². The Balaban J connectivity index is 2.26. The van der Waals surface area contributed by atoms with E-state index in [0.29, 0.717) is 23.3 Å². The summed E-state index contributed by atoms with van der Waals surface area (Å²) in [6.07, 6.45) is 1.20. The number of nitrogens with one attached hydrogen (secondary N) is 1. The Labute approximate surface area is 80.8 Å². The lowest BCUT2D eigenvalue weighted by molar-refractivity contribution is 0.591. The molecule has 0 bridgehead atoms. The summed E-state index contributed by atoms with van der Waals surface area (Å²) in [4.78, 5) is 4.25. The van der Waals surface area contributed by atoms with Crippen LogP contribution in [0, 0.1) is 11.3 Å². The highest BCUT2D eigenvalue weighted by molar-refractivity contribution is 5.78. The van der Waals surface area contributed by atoms with E-state index >= 15 is 0 Å². The number of guanidine groups is 1. The van der Waals surface area contributed by atoms with Crippen molar-refractivity contribution in [1.82, 2.24) is 5.32 Å². The van der Waals surface area contributed by atoms with Gasteiger partial charge >= 0.3 is 0 Å². The summed E-state index contributed by atoms with van der Waals surface area (Å²) in [5.74, 6) is 1.18. The van der Waals surface area contributed by atoms with Crippen LogP contribution in [0.4, 0.5) is 0 Å². The van der Waals surface area contributed by atoms with Crippen LogP contribution in [0.3, 0.4) is 0 Å². The maximum absolute atomic E-state index is 5.72. The van der Waals surface area contributed by atoms with Gasteiger partial charge in [-0.25, -0.2) is 0 Å². The number of aliphatic imine (C=N–C) groups is 1. The Hall–Kier alpha value is -0.730. The Kier molecular flexibility index (Phi) is 2.84. The van der Waals surface area contributed by atoms with Crippen molar-refractivity contribution in [1.29, 1.82) is 0 Å². The second kappa shape index (κ2) is 3.56. The molecule has 1 unspecified atom stereocenters. The second-order valence-corrected chi connectivity index (χ2v) is 5.01. The van der Waals surface area contributed by atoms with Crippen molar-refractivity contribution in [3.63, 3.8) is 0 Å². The Morgan fingerprint density at radius 3 is 2.54 bits per heavy atom. The predicted molar refractivity (Wildman–Crippen MR) is 56.6 cm³/mol. The highest BCUT2D eigenvalue weighted by Crippen LogP contribution is 2.44. The monoisotopic (exact) mass is 183 g/mol. The second-order valence-electron chi connectivity index (χ2n) is 5.01. The minimum atomic E-state index is 0.415. The normalized spacial score (nSPS) is 26.2. The van der Waals surface area contributed by atoms with Gasteiger partial charge in [0, 0.05) is 12.6 Å². The average molecular weight is 183 g/mol. The van der Waals surface area contributed by atoms with E-state index < -0.39 is 0 Å². The molecule has 0 aromatic heterocycles. The molecule has 0 amide bonds. The van der Waals surface area contributed by atoms with Crippen LogP contribution in [-0.2, 0) is 0 Å². The third-order valence-electron chi connectivity index (χ3n) is 2.46. The largest absolute Gasteiger partial charge is 0.370 e. The first-order valence-electron chi connectivity index (χ1n) is 4.98. The van der Waals surface area contributed by atoms with Gasteiger partial charge in [-0.15, -0.1) is 0 Å². The molecule has 1 fully saturated rings. The lowest BCUT2D eigenvalue weighted by Crippen LogP contribution is -2.35. The fraction of sp³-hybridized carbons (Fsp3) is 0.900. The van der Waals surface area contributed by atoms with Crippen LogP contribution in [0.2, 0.25) is 0 Å². The van der Waals surface area contributed by atoms with Gasteiger partial charge in [-0.05, 0) is 17.8 Å². The van der Waals surface area contributed by atoms with E-state index in [-0.39, 0.29) is 0 Å². The molecule has 76 valence electrons. The molecule has 1 rings (SSSR count). The van der Waals surface area contributed by atoms with E-state index in [9.17, 15) is 0 Å². The molecule has 1 atom stereocenters. The molecule has 0 aromatic rings. The molecule has 0 spiro atoms. The van der Waals surface area contributed by atoms with Crippen molar-refractivity contribution in [2.24, 2.45) is 22.1 Å². The number of hydrogen-bond donors (Lipinski definition) is 2. The molecule has 1 aliphatic rings. The van der Waals surface area contributed by atoms with E-state index in [2.05, 4.69) is 38.0 Å². The van der Waals surface area contributed by atoms with E-state index in [0.717, 1.165) is 6.54 Å². The van der Waals surface area contributed by atoms with E-state index in [1.165, 1.54) is 6.42 Å². The SMILES string of the molecule is CC(C)CN=C(N)NC1CC1(C)C. The molecular weight excluding hydrogens is 162 g/mol. The maximum atomic E-state index is 5.72. The van der Waals surface area contributed by atoms with Crippen molar-refractivity contribution in [2.45, 2.75) is 40.2 Å². The summed E-state index contributed by atoms with van der Waals surface area (Å²) in [5, 5.41) is 3.23. The Morgan fingerprint density at radius 1 is 1.62 bits per heavy atom. The molecule has 0 radical (unpaired) electrons. The first-order valence-corrected chi connectivity index (χ1v) is 4.98. The zero-order valence-electron chi connectivity index (χ0n) is 9.09. The predicted octanol–water partition coefficient (Wildman–Crippen LogP) is 1.35.